The third-order valence-corrected chi connectivity index (χ3v) is 4.32. The van der Waals surface area contributed by atoms with E-state index in [1.54, 1.807) is 0 Å². The lowest BCUT2D eigenvalue weighted by Crippen LogP contribution is -2.25. The zero-order valence-electron chi connectivity index (χ0n) is 13.9. The predicted molar refractivity (Wildman–Crippen MR) is 98.2 cm³/mol. The molecule has 0 amide bonds. The Morgan fingerprint density at radius 3 is 2.58 bits per heavy atom. The lowest BCUT2D eigenvalue weighted by Gasteiger charge is -2.24. The molecule has 24 heavy (non-hydrogen) atoms. The zero-order valence-corrected chi connectivity index (χ0v) is 13.9. The van der Waals surface area contributed by atoms with Gasteiger partial charge in [0, 0.05) is 29.2 Å². The van der Waals surface area contributed by atoms with Crippen LogP contribution in [-0.4, -0.2) is 16.0 Å². The minimum atomic E-state index is 0.390. The van der Waals surface area contributed by atoms with Gasteiger partial charge in [0.1, 0.15) is 5.82 Å². The van der Waals surface area contributed by atoms with Gasteiger partial charge in [-0.25, -0.2) is 4.98 Å². The SMILES string of the molecule is Cc1cc(N2c3ccccc3CC2C)nc(Nc2ccccc2)n1. The Labute approximate surface area is 142 Å². The average Bonchev–Trinajstić information content (AvgIpc) is 2.91. The predicted octanol–water partition coefficient (Wildman–Crippen LogP) is 4.61. The van der Waals surface area contributed by atoms with Crippen molar-refractivity contribution in [2.75, 3.05) is 10.2 Å². The van der Waals surface area contributed by atoms with Gasteiger partial charge in [0.05, 0.1) is 0 Å². The van der Waals surface area contributed by atoms with Gasteiger partial charge in [0.25, 0.3) is 0 Å². The van der Waals surface area contributed by atoms with E-state index in [4.69, 9.17) is 4.98 Å². The third-order valence-electron chi connectivity index (χ3n) is 4.32. The summed E-state index contributed by atoms with van der Waals surface area (Å²) in [7, 11) is 0. The summed E-state index contributed by atoms with van der Waals surface area (Å²) in [6, 6.07) is 21.0. The molecule has 0 saturated carbocycles. The first-order valence-electron chi connectivity index (χ1n) is 8.25. The topological polar surface area (TPSA) is 41.1 Å². The van der Waals surface area contributed by atoms with Crippen molar-refractivity contribution in [3.05, 3.63) is 71.9 Å². The van der Waals surface area contributed by atoms with Gasteiger partial charge < -0.3 is 10.2 Å². The van der Waals surface area contributed by atoms with Crippen molar-refractivity contribution < 1.29 is 0 Å². The molecule has 0 bridgehead atoms. The van der Waals surface area contributed by atoms with Crippen LogP contribution in [0.25, 0.3) is 0 Å². The molecule has 1 atom stereocenters. The number of nitrogens with zero attached hydrogens (tertiary/aromatic N) is 3. The highest BCUT2D eigenvalue weighted by Gasteiger charge is 2.28. The van der Waals surface area contributed by atoms with Crippen molar-refractivity contribution in [2.45, 2.75) is 26.3 Å². The molecule has 1 aliphatic heterocycles. The number of hydrogen-bond acceptors (Lipinski definition) is 4. The highest BCUT2D eigenvalue weighted by Crippen LogP contribution is 2.37. The smallest absolute Gasteiger partial charge is 0.229 e. The molecule has 1 N–H and O–H groups in total. The van der Waals surface area contributed by atoms with E-state index in [1.807, 2.05) is 37.3 Å². The molecule has 2 aromatic carbocycles. The van der Waals surface area contributed by atoms with Gasteiger partial charge >= 0.3 is 0 Å². The van der Waals surface area contributed by atoms with Crippen molar-refractivity contribution in [1.82, 2.24) is 9.97 Å². The summed E-state index contributed by atoms with van der Waals surface area (Å²) in [4.78, 5) is 11.6. The highest BCUT2D eigenvalue weighted by atomic mass is 15.3. The van der Waals surface area contributed by atoms with Crippen LogP contribution in [0, 0.1) is 6.92 Å². The molecule has 3 aromatic rings. The van der Waals surface area contributed by atoms with Crippen molar-refractivity contribution in [2.24, 2.45) is 0 Å². The summed E-state index contributed by atoms with van der Waals surface area (Å²) in [6.07, 6.45) is 1.04. The Balaban J connectivity index is 1.71. The summed E-state index contributed by atoms with van der Waals surface area (Å²) < 4.78 is 0. The number of rotatable bonds is 3. The number of anilines is 4. The fourth-order valence-corrected chi connectivity index (χ4v) is 3.30. The van der Waals surface area contributed by atoms with Crippen LogP contribution < -0.4 is 10.2 Å². The maximum Gasteiger partial charge on any atom is 0.229 e. The second-order valence-corrected chi connectivity index (χ2v) is 6.23. The molecule has 1 unspecified atom stereocenters. The molecule has 4 rings (SSSR count). The monoisotopic (exact) mass is 316 g/mol. The second-order valence-electron chi connectivity index (χ2n) is 6.23. The average molecular weight is 316 g/mol. The van der Waals surface area contributed by atoms with Crippen molar-refractivity contribution in [3.8, 4) is 0 Å². The van der Waals surface area contributed by atoms with Gasteiger partial charge in [-0.3, -0.25) is 0 Å². The maximum absolute atomic E-state index is 4.76. The summed E-state index contributed by atoms with van der Waals surface area (Å²) in [5, 5.41) is 3.30. The summed E-state index contributed by atoms with van der Waals surface area (Å²) >= 11 is 0. The maximum atomic E-state index is 4.76. The van der Waals surface area contributed by atoms with Gasteiger partial charge in [0.2, 0.25) is 5.95 Å². The van der Waals surface area contributed by atoms with Gasteiger partial charge in [-0.05, 0) is 44.0 Å². The van der Waals surface area contributed by atoms with Crippen molar-refractivity contribution >= 4 is 23.1 Å². The summed E-state index contributed by atoms with van der Waals surface area (Å²) in [6.45, 7) is 4.25. The largest absolute Gasteiger partial charge is 0.324 e. The molecule has 1 aliphatic rings. The minimum absolute atomic E-state index is 0.390. The molecule has 0 saturated heterocycles. The van der Waals surface area contributed by atoms with Crippen molar-refractivity contribution in [3.63, 3.8) is 0 Å². The number of fused-ring (bicyclic) bond motifs is 1. The van der Waals surface area contributed by atoms with Gasteiger partial charge in [0.15, 0.2) is 0 Å². The van der Waals surface area contributed by atoms with E-state index in [0.29, 0.717) is 12.0 Å². The van der Waals surface area contributed by atoms with Crippen molar-refractivity contribution in [1.29, 1.82) is 0 Å². The fourth-order valence-electron chi connectivity index (χ4n) is 3.30. The third kappa shape index (κ3) is 2.71. The molecule has 120 valence electrons. The van der Waals surface area contributed by atoms with E-state index in [2.05, 4.69) is 52.5 Å². The fraction of sp³-hybridized carbons (Fsp3) is 0.200. The molecule has 1 aromatic heterocycles. The molecule has 2 heterocycles. The molecule has 0 aliphatic carbocycles. The number of aryl methyl sites for hydroxylation is 1. The van der Waals surface area contributed by atoms with Gasteiger partial charge in [-0.2, -0.15) is 4.98 Å². The molecular formula is C20H20N4. The normalized spacial score (nSPS) is 16.1. The molecule has 0 spiro atoms. The number of nitrogens with one attached hydrogen (secondary N) is 1. The van der Waals surface area contributed by atoms with E-state index < -0.39 is 0 Å². The quantitative estimate of drug-likeness (QED) is 0.766. The lowest BCUT2D eigenvalue weighted by atomic mass is 10.1. The van der Waals surface area contributed by atoms with Gasteiger partial charge in [-0.15, -0.1) is 0 Å². The standard InChI is InChI=1S/C20H20N4/c1-14-12-19(23-20(21-14)22-17-9-4-3-5-10-17)24-15(2)13-16-8-6-7-11-18(16)24/h3-12,15H,13H2,1-2H3,(H,21,22,23). The van der Waals surface area contributed by atoms with Crippen LogP contribution in [0.4, 0.5) is 23.1 Å². The van der Waals surface area contributed by atoms with E-state index in [-0.39, 0.29) is 0 Å². The number of para-hydroxylation sites is 2. The second kappa shape index (κ2) is 5.96. The first kappa shape index (κ1) is 14.7. The van der Waals surface area contributed by atoms with Crippen LogP contribution in [0.1, 0.15) is 18.2 Å². The number of hydrogen-bond donors (Lipinski definition) is 1. The van der Waals surface area contributed by atoms with Crippen LogP contribution in [0.2, 0.25) is 0 Å². The Hall–Kier alpha value is -2.88. The molecule has 0 fully saturated rings. The number of aromatic nitrogens is 2. The first-order chi connectivity index (χ1) is 11.7. The molecular weight excluding hydrogens is 296 g/mol. The van der Waals surface area contributed by atoms with E-state index in [0.717, 1.165) is 23.6 Å². The Morgan fingerprint density at radius 2 is 1.75 bits per heavy atom. The summed E-state index contributed by atoms with van der Waals surface area (Å²) in [5.74, 6) is 1.58. The summed E-state index contributed by atoms with van der Waals surface area (Å²) in [5.41, 5.74) is 4.56. The first-order valence-corrected chi connectivity index (χ1v) is 8.25. The van der Waals surface area contributed by atoms with Crippen LogP contribution >= 0.6 is 0 Å². The molecule has 4 heteroatoms. The van der Waals surface area contributed by atoms with E-state index >= 15 is 0 Å². The number of benzene rings is 2. The zero-order chi connectivity index (χ0) is 16.5. The highest BCUT2D eigenvalue weighted by molar-refractivity contribution is 5.70. The van der Waals surface area contributed by atoms with Crippen LogP contribution in [0.15, 0.2) is 60.7 Å². The minimum Gasteiger partial charge on any atom is -0.324 e. The van der Waals surface area contributed by atoms with E-state index in [1.165, 1.54) is 11.3 Å². The Kier molecular flexibility index (Phi) is 3.65. The Bertz CT molecular complexity index is 861. The molecule has 4 nitrogen and oxygen atoms in total. The van der Waals surface area contributed by atoms with Crippen LogP contribution in [-0.2, 0) is 6.42 Å². The lowest BCUT2D eigenvalue weighted by molar-refractivity contribution is 0.749. The van der Waals surface area contributed by atoms with Crippen LogP contribution in [0.5, 0.6) is 0 Å². The van der Waals surface area contributed by atoms with Gasteiger partial charge in [-0.1, -0.05) is 36.4 Å². The molecule has 0 radical (unpaired) electrons. The van der Waals surface area contributed by atoms with Crippen LogP contribution in [0.3, 0.4) is 0 Å². The van der Waals surface area contributed by atoms with E-state index in [9.17, 15) is 0 Å². The Morgan fingerprint density at radius 1 is 1.00 bits per heavy atom.